The summed E-state index contributed by atoms with van der Waals surface area (Å²) in [6.45, 7) is 2.50. The van der Waals surface area contributed by atoms with E-state index in [0.29, 0.717) is 19.0 Å². The first-order valence-corrected chi connectivity index (χ1v) is 6.12. The standard InChI is InChI=1S/C9H12N2O3S/c1-2-11-15(12,13)7-3-4-8-9(5-7)14-6-10-8/h3-5,10-11H,2,6H2,1H3. The molecule has 0 atom stereocenters. The zero-order chi connectivity index (χ0) is 10.9. The number of hydrogen-bond donors (Lipinski definition) is 2. The van der Waals surface area contributed by atoms with Crippen molar-refractivity contribution in [3.8, 4) is 5.75 Å². The van der Waals surface area contributed by atoms with Crippen LogP contribution in [-0.2, 0) is 10.0 Å². The fraction of sp³-hybridized carbons (Fsp3) is 0.333. The second-order valence-electron chi connectivity index (χ2n) is 3.12. The van der Waals surface area contributed by atoms with Gasteiger partial charge in [0.15, 0.2) is 6.73 Å². The van der Waals surface area contributed by atoms with Crippen LogP contribution in [-0.4, -0.2) is 21.7 Å². The highest BCUT2D eigenvalue weighted by Gasteiger charge is 2.17. The Labute approximate surface area is 88.5 Å². The fourth-order valence-electron chi connectivity index (χ4n) is 1.40. The Kier molecular flexibility index (Phi) is 2.54. The van der Waals surface area contributed by atoms with E-state index < -0.39 is 10.0 Å². The minimum absolute atomic E-state index is 0.229. The lowest BCUT2D eigenvalue weighted by Gasteiger charge is -2.05. The molecule has 1 aliphatic rings. The molecular weight excluding hydrogens is 216 g/mol. The molecular formula is C9H12N2O3S. The summed E-state index contributed by atoms with van der Waals surface area (Å²) >= 11 is 0. The number of rotatable bonds is 3. The van der Waals surface area contributed by atoms with Gasteiger partial charge < -0.3 is 10.1 Å². The van der Waals surface area contributed by atoms with Crippen molar-refractivity contribution in [3.63, 3.8) is 0 Å². The molecule has 1 aliphatic heterocycles. The van der Waals surface area contributed by atoms with Gasteiger partial charge in [-0.1, -0.05) is 6.92 Å². The van der Waals surface area contributed by atoms with Crippen LogP contribution in [0.1, 0.15) is 6.92 Å². The summed E-state index contributed by atoms with van der Waals surface area (Å²) in [5, 5.41) is 2.97. The van der Waals surface area contributed by atoms with Gasteiger partial charge in [-0.05, 0) is 12.1 Å². The summed E-state index contributed by atoms with van der Waals surface area (Å²) < 4.78 is 30.9. The maximum Gasteiger partial charge on any atom is 0.240 e. The van der Waals surface area contributed by atoms with Gasteiger partial charge in [-0.15, -0.1) is 0 Å². The molecule has 0 saturated heterocycles. The topological polar surface area (TPSA) is 67.4 Å². The van der Waals surface area contributed by atoms with Crippen LogP contribution in [0.25, 0.3) is 0 Å². The van der Waals surface area contributed by atoms with Gasteiger partial charge in [-0.3, -0.25) is 0 Å². The zero-order valence-corrected chi connectivity index (χ0v) is 9.10. The minimum Gasteiger partial charge on any atom is -0.471 e. The molecule has 82 valence electrons. The van der Waals surface area contributed by atoms with E-state index in [4.69, 9.17) is 4.74 Å². The molecule has 0 spiro atoms. The van der Waals surface area contributed by atoms with E-state index in [2.05, 4.69) is 10.0 Å². The third-order valence-corrected chi connectivity index (χ3v) is 3.63. The van der Waals surface area contributed by atoms with Gasteiger partial charge in [-0.25, -0.2) is 13.1 Å². The second kappa shape index (κ2) is 3.71. The van der Waals surface area contributed by atoms with Crippen LogP contribution < -0.4 is 14.8 Å². The largest absolute Gasteiger partial charge is 0.471 e. The molecule has 0 saturated carbocycles. The van der Waals surface area contributed by atoms with Crippen LogP contribution in [0.4, 0.5) is 5.69 Å². The van der Waals surface area contributed by atoms with Crippen molar-refractivity contribution < 1.29 is 13.2 Å². The Morgan fingerprint density at radius 3 is 3.07 bits per heavy atom. The molecule has 6 heteroatoms. The molecule has 0 radical (unpaired) electrons. The highest BCUT2D eigenvalue weighted by molar-refractivity contribution is 7.89. The fourth-order valence-corrected chi connectivity index (χ4v) is 2.46. The van der Waals surface area contributed by atoms with Crippen LogP contribution >= 0.6 is 0 Å². The Morgan fingerprint density at radius 1 is 1.53 bits per heavy atom. The number of fused-ring (bicyclic) bond motifs is 1. The van der Waals surface area contributed by atoms with Crippen LogP contribution in [0.2, 0.25) is 0 Å². The predicted molar refractivity (Wildman–Crippen MR) is 56.4 cm³/mol. The number of benzene rings is 1. The molecule has 0 amide bonds. The van der Waals surface area contributed by atoms with Gasteiger partial charge >= 0.3 is 0 Å². The van der Waals surface area contributed by atoms with E-state index in [1.807, 2.05) is 0 Å². The molecule has 0 aromatic heterocycles. The molecule has 1 aromatic rings. The van der Waals surface area contributed by atoms with Gasteiger partial charge in [-0.2, -0.15) is 0 Å². The minimum atomic E-state index is -3.39. The van der Waals surface area contributed by atoms with Crippen LogP contribution in [0.5, 0.6) is 5.75 Å². The molecule has 2 N–H and O–H groups in total. The monoisotopic (exact) mass is 228 g/mol. The summed E-state index contributed by atoms with van der Waals surface area (Å²) in [5.74, 6) is 0.578. The number of hydrogen-bond acceptors (Lipinski definition) is 4. The Balaban J connectivity index is 2.38. The molecule has 5 nitrogen and oxygen atoms in total. The lowest BCUT2D eigenvalue weighted by atomic mass is 10.3. The van der Waals surface area contributed by atoms with E-state index in [0.717, 1.165) is 5.69 Å². The van der Waals surface area contributed by atoms with Crippen LogP contribution in [0, 0.1) is 0 Å². The summed E-state index contributed by atoms with van der Waals surface area (Å²) in [6, 6.07) is 4.78. The highest BCUT2D eigenvalue weighted by Crippen LogP contribution is 2.31. The van der Waals surface area contributed by atoms with Crippen molar-refractivity contribution in [3.05, 3.63) is 18.2 Å². The highest BCUT2D eigenvalue weighted by atomic mass is 32.2. The number of anilines is 1. The van der Waals surface area contributed by atoms with Crippen molar-refractivity contribution >= 4 is 15.7 Å². The van der Waals surface area contributed by atoms with Gasteiger partial charge in [0.25, 0.3) is 0 Å². The lowest BCUT2D eigenvalue weighted by molar-refractivity contribution is 0.371. The summed E-state index contributed by atoms with van der Waals surface area (Å²) in [7, 11) is -3.39. The maximum atomic E-state index is 11.6. The van der Waals surface area contributed by atoms with Crippen LogP contribution in [0.3, 0.4) is 0 Å². The van der Waals surface area contributed by atoms with E-state index in [1.54, 1.807) is 19.1 Å². The summed E-state index contributed by atoms with van der Waals surface area (Å²) in [5.41, 5.74) is 0.824. The van der Waals surface area contributed by atoms with Crippen molar-refractivity contribution in [2.45, 2.75) is 11.8 Å². The maximum absolute atomic E-state index is 11.6. The Bertz CT molecular complexity index is 470. The molecule has 2 rings (SSSR count). The molecule has 1 heterocycles. The van der Waals surface area contributed by atoms with Gasteiger partial charge in [0.1, 0.15) is 5.75 Å². The lowest BCUT2D eigenvalue weighted by Crippen LogP contribution is -2.22. The van der Waals surface area contributed by atoms with E-state index >= 15 is 0 Å². The van der Waals surface area contributed by atoms with E-state index in [-0.39, 0.29) is 4.90 Å². The molecule has 0 unspecified atom stereocenters. The number of ether oxygens (including phenoxy) is 1. The molecule has 0 fully saturated rings. The molecule has 1 aromatic carbocycles. The molecule has 0 aliphatic carbocycles. The zero-order valence-electron chi connectivity index (χ0n) is 8.28. The first kappa shape index (κ1) is 10.3. The molecule has 0 bridgehead atoms. The summed E-state index contributed by atoms with van der Waals surface area (Å²) in [4.78, 5) is 0.229. The average Bonchev–Trinajstić information content (AvgIpc) is 2.63. The normalized spacial score (nSPS) is 14.2. The second-order valence-corrected chi connectivity index (χ2v) is 4.89. The Hall–Kier alpha value is -1.27. The van der Waals surface area contributed by atoms with E-state index in [1.165, 1.54) is 6.07 Å². The smallest absolute Gasteiger partial charge is 0.240 e. The van der Waals surface area contributed by atoms with Crippen molar-refractivity contribution in [1.29, 1.82) is 0 Å². The molecule has 15 heavy (non-hydrogen) atoms. The third kappa shape index (κ3) is 1.91. The first-order valence-electron chi connectivity index (χ1n) is 4.64. The van der Waals surface area contributed by atoms with Crippen molar-refractivity contribution in [1.82, 2.24) is 4.72 Å². The Morgan fingerprint density at radius 2 is 2.33 bits per heavy atom. The number of nitrogens with one attached hydrogen (secondary N) is 2. The number of sulfonamides is 1. The van der Waals surface area contributed by atoms with Gasteiger partial charge in [0, 0.05) is 12.6 Å². The average molecular weight is 228 g/mol. The van der Waals surface area contributed by atoms with E-state index in [9.17, 15) is 8.42 Å². The SMILES string of the molecule is CCNS(=O)(=O)c1ccc2c(c1)OCN2. The quantitative estimate of drug-likeness (QED) is 0.801. The van der Waals surface area contributed by atoms with Gasteiger partial charge in [0.2, 0.25) is 10.0 Å². The van der Waals surface area contributed by atoms with Crippen molar-refractivity contribution in [2.24, 2.45) is 0 Å². The van der Waals surface area contributed by atoms with Crippen molar-refractivity contribution in [2.75, 3.05) is 18.6 Å². The van der Waals surface area contributed by atoms with Crippen LogP contribution in [0.15, 0.2) is 23.1 Å². The third-order valence-electron chi connectivity index (χ3n) is 2.09. The predicted octanol–water partition coefficient (Wildman–Crippen LogP) is 0.747. The summed E-state index contributed by atoms with van der Waals surface area (Å²) in [6.07, 6.45) is 0. The first-order chi connectivity index (χ1) is 7.13. The van der Waals surface area contributed by atoms with Gasteiger partial charge in [0.05, 0.1) is 10.6 Å².